The van der Waals surface area contributed by atoms with E-state index in [1.165, 1.54) is 32.1 Å². The molecule has 0 radical (unpaired) electrons. The molecule has 1 aliphatic rings. The van der Waals surface area contributed by atoms with Crippen LogP contribution in [0.1, 0.15) is 43.5 Å². The second-order valence-electron chi connectivity index (χ2n) is 5.12. The normalized spacial score (nSPS) is 16.8. The molecule has 0 atom stereocenters. The molecular weight excluding hydrogens is 290 g/mol. The molecule has 18 heavy (non-hydrogen) atoms. The summed E-state index contributed by atoms with van der Waals surface area (Å²) in [6.45, 7) is 5.09. The van der Waals surface area contributed by atoms with Crippen LogP contribution < -0.4 is 4.90 Å². The standard InChI is InChI=1S/C14H22BrN3/c1-11-10-12(2)17-14(16-11)18(9-8-15)13-6-4-3-5-7-13/h10,13H,3-9H2,1-2H3. The van der Waals surface area contributed by atoms with Gasteiger partial charge in [-0.3, -0.25) is 0 Å². The van der Waals surface area contributed by atoms with Crippen molar-refractivity contribution in [1.82, 2.24) is 9.97 Å². The Bertz CT molecular complexity index is 368. The van der Waals surface area contributed by atoms with Crippen LogP contribution in [0.2, 0.25) is 0 Å². The van der Waals surface area contributed by atoms with Gasteiger partial charge in [0.15, 0.2) is 0 Å². The third kappa shape index (κ3) is 3.44. The Morgan fingerprint density at radius 3 is 2.33 bits per heavy atom. The summed E-state index contributed by atoms with van der Waals surface area (Å²) in [5.74, 6) is 0.916. The molecule has 1 fully saturated rings. The minimum absolute atomic E-state index is 0.623. The number of halogens is 1. The Morgan fingerprint density at radius 2 is 1.78 bits per heavy atom. The lowest BCUT2D eigenvalue weighted by molar-refractivity contribution is 0.414. The van der Waals surface area contributed by atoms with Crippen LogP contribution in [0.4, 0.5) is 5.95 Å². The zero-order chi connectivity index (χ0) is 13.0. The van der Waals surface area contributed by atoms with Crippen molar-refractivity contribution in [2.75, 3.05) is 16.8 Å². The van der Waals surface area contributed by atoms with Gasteiger partial charge in [0.1, 0.15) is 0 Å². The first-order valence-corrected chi connectivity index (χ1v) is 7.98. The summed E-state index contributed by atoms with van der Waals surface area (Å²) in [7, 11) is 0. The van der Waals surface area contributed by atoms with Gasteiger partial charge in [-0.2, -0.15) is 0 Å². The van der Waals surface area contributed by atoms with E-state index < -0.39 is 0 Å². The summed E-state index contributed by atoms with van der Waals surface area (Å²) in [5.41, 5.74) is 2.13. The number of alkyl halides is 1. The minimum atomic E-state index is 0.623. The van der Waals surface area contributed by atoms with E-state index in [-0.39, 0.29) is 0 Å². The van der Waals surface area contributed by atoms with Gasteiger partial charge < -0.3 is 4.90 Å². The van der Waals surface area contributed by atoms with Crippen molar-refractivity contribution in [3.05, 3.63) is 17.5 Å². The lowest BCUT2D eigenvalue weighted by atomic mass is 9.94. The molecule has 1 aromatic rings. The fourth-order valence-corrected chi connectivity index (χ4v) is 3.15. The Morgan fingerprint density at radius 1 is 1.17 bits per heavy atom. The zero-order valence-electron chi connectivity index (χ0n) is 11.3. The smallest absolute Gasteiger partial charge is 0.226 e. The molecule has 0 unspecified atom stereocenters. The van der Waals surface area contributed by atoms with Gasteiger partial charge in [0, 0.05) is 29.3 Å². The average Bonchev–Trinajstić information content (AvgIpc) is 2.36. The number of rotatable bonds is 4. The molecule has 1 aliphatic carbocycles. The molecule has 0 amide bonds. The first-order valence-electron chi connectivity index (χ1n) is 6.85. The van der Waals surface area contributed by atoms with Gasteiger partial charge in [-0.15, -0.1) is 0 Å². The van der Waals surface area contributed by atoms with Crippen molar-refractivity contribution >= 4 is 21.9 Å². The number of hydrogen-bond donors (Lipinski definition) is 0. The highest BCUT2D eigenvalue weighted by molar-refractivity contribution is 9.09. The van der Waals surface area contributed by atoms with Gasteiger partial charge in [-0.05, 0) is 32.8 Å². The Labute approximate surface area is 118 Å². The maximum absolute atomic E-state index is 4.62. The first kappa shape index (κ1) is 13.8. The lowest BCUT2D eigenvalue weighted by Gasteiger charge is -2.34. The number of aryl methyl sites for hydroxylation is 2. The molecule has 0 aromatic carbocycles. The topological polar surface area (TPSA) is 29.0 Å². The molecular formula is C14H22BrN3. The highest BCUT2D eigenvalue weighted by Crippen LogP contribution is 2.25. The van der Waals surface area contributed by atoms with E-state index in [4.69, 9.17) is 0 Å². The number of nitrogens with zero attached hydrogens (tertiary/aromatic N) is 3. The summed E-state index contributed by atoms with van der Waals surface area (Å²) >= 11 is 3.55. The maximum Gasteiger partial charge on any atom is 0.226 e. The summed E-state index contributed by atoms with van der Waals surface area (Å²) < 4.78 is 0. The van der Waals surface area contributed by atoms with Crippen molar-refractivity contribution < 1.29 is 0 Å². The molecule has 100 valence electrons. The van der Waals surface area contributed by atoms with Crippen LogP contribution in [0.5, 0.6) is 0 Å². The first-order chi connectivity index (χ1) is 8.70. The zero-order valence-corrected chi connectivity index (χ0v) is 12.9. The molecule has 2 rings (SSSR count). The van der Waals surface area contributed by atoms with Crippen molar-refractivity contribution in [1.29, 1.82) is 0 Å². The molecule has 1 saturated carbocycles. The summed E-state index contributed by atoms with van der Waals surface area (Å²) in [6.07, 6.45) is 6.63. The second kappa shape index (κ2) is 6.50. The average molecular weight is 312 g/mol. The highest BCUT2D eigenvalue weighted by atomic mass is 79.9. The monoisotopic (exact) mass is 311 g/mol. The maximum atomic E-state index is 4.62. The molecule has 0 saturated heterocycles. The highest BCUT2D eigenvalue weighted by Gasteiger charge is 2.23. The van der Waals surface area contributed by atoms with Gasteiger partial charge in [0.2, 0.25) is 5.95 Å². The number of aromatic nitrogens is 2. The molecule has 4 heteroatoms. The summed E-state index contributed by atoms with van der Waals surface area (Å²) in [5, 5.41) is 0.972. The van der Waals surface area contributed by atoms with Gasteiger partial charge >= 0.3 is 0 Å². The largest absolute Gasteiger partial charge is 0.337 e. The van der Waals surface area contributed by atoms with Crippen LogP contribution in [-0.2, 0) is 0 Å². The molecule has 1 aromatic heterocycles. The Balaban J connectivity index is 2.22. The summed E-state index contributed by atoms with van der Waals surface area (Å²) in [4.78, 5) is 11.6. The van der Waals surface area contributed by atoms with Crippen LogP contribution in [0.15, 0.2) is 6.07 Å². The number of anilines is 1. The van der Waals surface area contributed by atoms with E-state index in [0.717, 1.165) is 29.2 Å². The van der Waals surface area contributed by atoms with E-state index in [2.05, 4.69) is 30.8 Å². The van der Waals surface area contributed by atoms with Crippen molar-refractivity contribution in [3.8, 4) is 0 Å². The fourth-order valence-electron chi connectivity index (χ4n) is 2.77. The third-order valence-corrected chi connectivity index (χ3v) is 3.92. The fraction of sp³-hybridized carbons (Fsp3) is 0.714. The minimum Gasteiger partial charge on any atom is -0.337 e. The van der Waals surface area contributed by atoms with Gasteiger partial charge in [0.05, 0.1) is 0 Å². The molecule has 0 N–H and O–H groups in total. The summed E-state index contributed by atoms with van der Waals surface area (Å²) in [6, 6.07) is 2.66. The van der Waals surface area contributed by atoms with Crippen LogP contribution in [-0.4, -0.2) is 27.9 Å². The Kier molecular flexibility index (Phi) is 4.98. The van der Waals surface area contributed by atoms with Crippen molar-refractivity contribution in [3.63, 3.8) is 0 Å². The van der Waals surface area contributed by atoms with E-state index in [1.807, 2.05) is 19.9 Å². The SMILES string of the molecule is Cc1cc(C)nc(N(CCBr)C2CCCCC2)n1. The Hall–Kier alpha value is -0.640. The third-order valence-electron chi connectivity index (χ3n) is 3.57. The van der Waals surface area contributed by atoms with E-state index in [9.17, 15) is 0 Å². The molecule has 0 aliphatic heterocycles. The van der Waals surface area contributed by atoms with Gasteiger partial charge in [-0.25, -0.2) is 9.97 Å². The van der Waals surface area contributed by atoms with Crippen LogP contribution in [0.3, 0.4) is 0 Å². The van der Waals surface area contributed by atoms with Crippen LogP contribution in [0, 0.1) is 13.8 Å². The van der Waals surface area contributed by atoms with E-state index in [1.54, 1.807) is 0 Å². The molecule has 1 heterocycles. The van der Waals surface area contributed by atoms with E-state index >= 15 is 0 Å². The quantitative estimate of drug-likeness (QED) is 0.795. The van der Waals surface area contributed by atoms with Crippen molar-refractivity contribution in [2.45, 2.75) is 52.0 Å². The predicted octanol–water partition coefficient (Wildman–Crippen LogP) is 3.63. The predicted molar refractivity (Wildman–Crippen MR) is 79.5 cm³/mol. The van der Waals surface area contributed by atoms with Crippen LogP contribution >= 0.6 is 15.9 Å². The molecule has 3 nitrogen and oxygen atoms in total. The second-order valence-corrected chi connectivity index (χ2v) is 5.92. The van der Waals surface area contributed by atoms with Crippen LogP contribution in [0.25, 0.3) is 0 Å². The molecule has 0 bridgehead atoms. The lowest BCUT2D eigenvalue weighted by Crippen LogP contribution is -2.39. The van der Waals surface area contributed by atoms with E-state index in [0.29, 0.717) is 6.04 Å². The van der Waals surface area contributed by atoms with Gasteiger partial charge in [-0.1, -0.05) is 35.2 Å². The molecule has 0 spiro atoms. The van der Waals surface area contributed by atoms with Gasteiger partial charge in [0.25, 0.3) is 0 Å². The van der Waals surface area contributed by atoms with Crippen molar-refractivity contribution in [2.24, 2.45) is 0 Å². The number of hydrogen-bond acceptors (Lipinski definition) is 3.